The van der Waals surface area contributed by atoms with Crippen LogP contribution in [0, 0.1) is 11.3 Å². The van der Waals surface area contributed by atoms with Gasteiger partial charge in [0.25, 0.3) is 0 Å². The van der Waals surface area contributed by atoms with Crippen LogP contribution in [0.25, 0.3) is 0 Å². The highest BCUT2D eigenvalue weighted by molar-refractivity contribution is 5.03. The molecule has 1 aromatic rings. The van der Waals surface area contributed by atoms with E-state index in [1.807, 2.05) is 18.3 Å². The van der Waals surface area contributed by atoms with Crippen molar-refractivity contribution >= 4 is 0 Å². The Bertz CT molecular complexity index is 394. The first-order valence-electron chi connectivity index (χ1n) is 6.82. The van der Waals surface area contributed by atoms with Crippen LogP contribution in [-0.4, -0.2) is 35.6 Å². The van der Waals surface area contributed by atoms with Crippen LogP contribution in [0.1, 0.15) is 31.9 Å². The number of aromatic nitrogens is 1. The largest absolute Gasteiger partial charge is 0.314 e. The van der Waals surface area contributed by atoms with Gasteiger partial charge in [-0.05, 0) is 51.9 Å². The average Bonchev–Trinajstić information content (AvgIpc) is 2.42. The summed E-state index contributed by atoms with van der Waals surface area (Å²) < 4.78 is 0. The molecule has 0 aromatic carbocycles. The second-order valence-corrected chi connectivity index (χ2v) is 5.36. The summed E-state index contributed by atoms with van der Waals surface area (Å²) in [6, 6.07) is 8.15. The number of nitrogens with two attached hydrogens (primary N) is 1. The average molecular weight is 260 g/mol. The van der Waals surface area contributed by atoms with Gasteiger partial charge in [0.2, 0.25) is 0 Å². The molecule has 1 atom stereocenters. The first kappa shape index (κ1) is 15.6. The highest BCUT2D eigenvalue weighted by Crippen LogP contribution is 2.09. The Morgan fingerprint density at radius 2 is 2.16 bits per heavy atom. The van der Waals surface area contributed by atoms with Gasteiger partial charge in [0, 0.05) is 24.9 Å². The third-order valence-corrected chi connectivity index (χ3v) is 3.22. The smallest absolute Gasteiger partial charge is 0.101 e. The minimum absolute atomic E-state index is 0.674. The molecular weight excluding hydrogens is 236 g/mol. The van der Waals surface area contributed by atoms with Crippen LogP contribution >= 0.6 is 0 Å². The summed E-state index contributed by atoms with van der Waals surface area (Å²) in [7, 11) is 2.12. The van der Waals surface area contributed by atoms with Gasteiger partial charge in [0.1, 0.15) is 5.54 Å². The zero-order chi connectivity index (χ0) is 14.1. The third kappa shape index (κ3) is 6.90. The molecule has 0 fully saturated rings. The SMILES string of the molecule is CN(CCCCC(C)(N)C#N)CCc1ccccn1. The molecule has 0 radical (unpaired) electrons. The fourth-order valence-corrected chi connectivity index (χ4v) is 1.89. The number of hydrogen-bond donors (Lipinski definition) is 1. The summed E-state index contributed by atoms with van der Waals surface area (Å²) in [5.41, 5.74) is 6.24. The molecule has 0 bridgehead atoms. The number of nitrogens with zero attached hydrogens (tertiary/aromatic N) is 3. The second kappa shape index (κ2) is 7.88. The number of rotatable bonds is 8. The van der Waals surface area contributed by atoms with E-state index in [1.54, 1.807) is 6.92 Å². The van der Waals surface area contributed by atoms with Gasteiger partial charge in [-0.1, -0.05) is 6.07 Å². The van der Waals surface area contributed by atoms with Crippen molar-refractivity contribution in [1.29, 1.82) is 5.26 Å². The van der Waals surface area contributed by atoms with E-state index in [4.69, 9.17) is 11.0 Å². The van der Waals surface area contributed by atoms with Crippen molar-refractivity contribution in [2.24, 2.45) is 5.73 Å². The van der Waals surface area contributed by atoms with E-state index in [0.717, 1.165) is 44.5 Å². The molecule has 1 unspecified atom stereocenters. The van der Waals surface area contributed by atoms with E-state index in [9.17, 15) is 0 Å². The highest BCUT2D eigenvalue weighted by Gasteiger charge is 2.15. The number of unbranched alkanes of at least 4 members (excludes halogenated alkanes) is 1. The summed E-state index contributed by atoms with van der Waals surface area (Å²) in [5.74, 6) is 0. The predicted octanol–water partition coefficient (Wildman–Crippen LogP) is 1.97. The lowest BCUT2D eigenvalue weighted by Gasteiger charge is -2.18. The molecule has 4 heteroatoms. The van der Waals surface area contributed by atoms with Crippen LogP contribution in [0.15, 0.2) is 24.4 Å². The molecule has 0 spiro atoms. The number of nitriles is 1. The van der Waals surface area contributed by atoms with Crippen molar-refractivity contribution in [3.63, 3.8) is 0 Å². The van der Waals surface area contributed by atoms with Gasteiger partial charge in [-0.25, -0.2) is 0 Å². The molecule has 19 heavy (non-hydrogen) atoms. The van der Waals surface area contributed by atoms with Crippen molar-refractivity contribution in [3.8, 4) is 6.07 Å². The maximum Gasteiger partial charge on any atom is 0.101 e. The van der Waals surface area contributed by atoms with Crippen molar-refractivity contribution in [2.45, 2.75) is 38.1 Å². The van der Waals surface area contributed by atoms with E-state index in [2.05, 4.69) is 29.1 Å². The highest BCUT2D eigenvalue weighted by atomic mass is 15.1. The van der Waals surface area contributed by atoms with E-state index in [0.29, 0.717) is 0 Å². The Balaban J connectivity index is 2.12. The van der Waals surface area contributed by atoms with Crippen LogP contribution in [0.2, 0.25) is 0 Å². The number of likely N-dealkylation sites (N-methyl/N-ethyl adjacent to an activating group) is 1. The van der Waals surface area contributed by atoms with E-state index < -0.39 is 5.54 Å². The predicted molar refractivity (Wildman–Crippen MR) is 77.5 cm³/mol. The monoisotopic (exact) mass is 260 g/mol. The fraction of sp³-hybridized carbons (Fsp3) is 0.600. The van der Waals surface area contributed by atoms with Crippen LogP contribution in [0.5, 0.6) is 0 Å². The summed E-state index contributed by atoms with van der Waals surface area (Å²) in [6.07, 6.45) is 5.64. The summed E-state index contributed by atoms with van der Waals surface area (Å²) in [6.45, 7) is 3.83. The minimum Gasteiger partial charge on any atom is -0.314 e. The normalized spacial score (nSPS) is 14.1. The van der Waals surface area contributed by atoms with Crippen molar-refractivity contribution < 1.29 is 0 Å². The molecule has 104 valence electrons. The molecule has 0 amide bonds. The third-order valence-electron chi connectivity index (χ3n) is 3.22. The lowest BCUT2D eigenvalue weighted by Crippen LogP contribution is -2.34. The Kier molecular flexibility index (Phi) is 6.48. The molecule has 0 saturated heterocycles. The van der Waals surface area contributed by atoms with Gasteiger partial charge in [0.15, 0.2) is 0 Å². The van der Waals surface area contributed by atoms with E-state index in [1.165, 1.54) is 0 Å². The molecule has 0 aliphatic carbocycles. The van der Waals surface area contributed by atoms with Gasteiger partial charge in [0.05, 0.1) is 6.07 Å². The van der Waals surface area contributed by atoms with Crippen LogP contribution in [0.3, 0.4) is 0 Å². The second-order valence-electron chi connectivity index (χ2n) is 5.36. The Hall–Kier alpha value is -1.44. The first-order chi connectivity index (χ1) is 9.03. The quantitative estimate of drug-likeness (QED) is 0.726. The molecule has 1 rings (SSSR count). The minimum atomic E-state index is -0.674. The van der Waals surface area contributed by atoms with Crippen molar-refractivity contribution in [3.05, 3.63) is 30.1 Å². The zero-order valence-electron chi connectivity index (χ0n) is 12.0. The molecule has 2 N–H and O–H groups in total. The van der Waals surface area contributed by atoms with Gasteiger partial charge < -0.3 is 10.6 Å². The Morgan fingerprint density at radius 3 is 2.79 bits per heavy atom. The lowest BCUT2D eigenvalue weighted by atomic mass is 9.98. The van der Waals surface area contributed by atoms with Crippen molar-refractivity contribution in [1.82, 2.24) is 9.88 Å². The van der Waals surface area contributed by atoms with Gasteiger partial charge in [-0.2, -0.15) is 5.26 Å². The summed E-state index contributed by atoms with van der Waals surface area (Å²) in [4.78, 5) is 6.61. The first-order valence-corrected chi connectivity index (χ1v) is 6.82. The number of hydrogen-bond acceptors (Lipinski definition) is 4. The van der Waals surface area contributed by atoms with Crippen LogP contribution in [-0.2, 0) is 6.42 Å². The summed E-state index contributed by atoms with van der Waals surface area (Å²) >= 11 is 0. The molecule has 0 saturated carbocycles. The molecule has 1 aromatic heterocycles. The molecule has 4 nitrogen and oxygen atoms in total. The lowest BCUT2D eigenvalue weighted by molar-refractivity contribution is 0.323. The van der Waals surface area contributed by atoms with Gasteiger partial charge >= 0.3 is 0 Å². The van der Waals surface area contributed by atoms with E-state index >= 15 is 0 Å². The van der Waals surface area contributed by atoms with Crippen LogP contribution in [0.4, 0.5) is 0 Å². The molecule has 1 heterocycles. The fourth-order valence-electron chi connectivity index (χ4n) is 1.89. The maximum atomic E-state index is 8.82. The van der Waals surface area contributed by atoms with Gasteiger partial charge in [-0.15, -0.1) is 0 Å². The van der Waals surface area contributed by atoms with E-state index in [-0.39, 0.29) is 0 Å². The van der Waals surface area contributed by atoms with Crippen LogP contribution < -0.4 is 5.73 Å². The topological polar surface area (TPSA) is 65.9 Å². The molecule has 0 aliphatic heterocycles. The standard InChI is InChI=1S/C15H24N4/c1-15(17,13-16)9-4-6-11-19(2)12-8-14-7-3-5-10-18-14/h3,5,7,10H,4,6,8-9,11-12,17H2,1-2H3. The Morgan fingerprint density at radius 1 is 1.37 bits per heavy atom. The number of pyridine rings is 1. The molecular formula is C15H24N4. The maximum absolute atomic E-state index is 8.82. The van der Waals surface area contributed by atoms with Gasteiger partial charge in [-0.3, -0.25) is 4.98 Å². The van der Waals surface area contributed by atoms with Crippen molar-refractivity contribution in [2.75, 3.05) is 20.1 Å². The summed E-state index contributed by atoms with van der Waals surface area (Å²) in [5, 5.41) is 8.82. The molecule has 0 aliphatic rings. The zero-order valence-corrected chi connectivity index (χ0v) is 12.0. The Labute approximate surface area is 116 Å².